The Morgan fingerprint density at radius 3 is 2.48 bits per heavy atom. The maximum atomic E-state index is 11.8. The molecule has 0 aromatic heterocycles. The molecule has 0 saturated heterocycles. The number of rotatable bonds is 5. The van der Waals surface area contributed by atoms with Crippen LogP contribution in [0.1, 0.15) is 5.56 Å². The molecule has 2 aromatic carbocycles. The second kappa shape index (κ2) is 7.31. The highest BCUT2D eigenvalue weighted by atomic mass is 35.5. The molecule has 0 atom stereocenters. The minimum Gasteiger partial charge on any atom is -0.392 e. The Morgan fingerprint density at radius 2 is 1.81 bits per heavy atom. The lowest BCUT2D eigenvalue weighted by molar-refractivity contribution is -0.114. The summed E-state index contributed by atoms with van der Waals surface area (Å²) in [4.78, 5) is 11.8. The van der Waals surface area contributed by atoms with Crippen molar-refractivity contribution in [2.45, 2.75) is 6.61 Å². The van der Waals surface area contributed by atoms with Crippen LogP contribution in [-0.2, 0) is 11.4 Å². The van der Waals surface area contributed by atoms with E-state index in [4.69, 9.17) is 28.3 Å². The summed E-state index contributed by atoms with van der Waals surface area (Å²) in [5.41, 5.74) is 2.00. The van der Waals surface area contributed by atoms with Gasteiger partial charge in [0.25, 0.3) is 0 Å². The Morgan fingerprint density at radius 1 is 1.10 bits per heavy atom. The maximum absolute atomic E-state index is 11.8. The molecule has 0 aliphatic heterocycles. The van der Waals surface area contributed by atoms with Crippen LogP contribution in [0.4, 0.5) is 11.4 Å². The zero-order valence-electron chi connectivity index (χ0n) is 11.1. The van der Waals surface area contributed by atoms with Crippen molar-refractivity contribution in [1.29, 1.82) is 0 Å². The second-order valence-electron chi connectivity index (χ2n) is 4.38. The van der Waals surface area contributed by atoms with Crippen LogP contribution in [0.15, 0.2) is 42.5 Å². The summed E-state index contributed by atoms with van der Waals surface area (Å²) in [6.07, 6.45) is 0. The SMILES string of the molecule is O=C(CNc1cc(CO)ccc1Cl)Nc1ccc(Cl)cc1. The molecule has 0 aliphatic carbocycles. The highest BCUT2D eigenvalue weighted by Gasteiger charge is 2.05. The van der Waals surface area contributed by atoms with Gasteiger partial charge in [0.15, 0.2) is 0 Å². The molecule has 0 spiro atoms. The van der Waals surface area contributed by atoms with Crippen molar-refractivity contribution in [3.05, 3.63) is 58.1 Å². The molecule has 0 unspecified atom stereocenters. The molecule has 0 fully saturated rings. The van der Waals surface area contributed by atoms with Gasteiger partial charge in [-0.1, -0.05) is 29.3 Å². The lowest BCUT2D eigenvalue weighted by Crippen LogP contribution is -2.21. The van der Waals surface area contributed by atoms with E-state index in [1.54, 1.807) is 42.5 Å². The number of aliphatic hydroxyl groups is 1. The number of carbonyl (C=O) groups excluding carboxylic acids is 1. The third kappa shape index (κ3) is 4.63. The van der Waals surface area contributed by atoms with E-state index >= 15 is 0 Å². The van der Waals surface area contributed by atoms with Crippen molar-refractivity contribution >= 4 is 40.5 Å². The molecule has 21 heavy (non-hydrogen) atoms. The van der Waals surface area contributed by atoms with Crippen LogP contribution in [0.25, 0.3) is 0 Å². The van der Waals surface area contributed by atoms with Gasteiger partial charge in [-0.25, -0.2) is 0 Å². The number of amides is 1. The Balaban J connectivity index is 1.93. The average molecular weight is 325 g/mol. The molecular weight excluding hydrogens is 311 g/mol. The number of anilines is 2. The first kappa shape index (κ1) is 15.6. The van der Waals surface area contributed by atoms with Crippen molar-refractivity contribution in [2.24, 2.45) is 0 Å². The number of aliphatic hydroxyl groups excluding tert-OH is 1. The summed E-state index contributed by atoms with van der Waals surface area (Å²) < 4.78 is 0. The van der Waals surface area contributed by atoms with E-state index in [2.05, 4.69) is 10.6 Å². The lowest BCUT2D eigenvalue weighted by atomic mass is 10.2. The van der Waals surface area contributed by atoms with Gasteiger partial charge in [0, 0.05) is 10.7 Å². The largest absolute Gasteiger partial charge is 0.392 e. The predicted molar refractivity (Wildman–Crippen MR) is 85.9 cm³/mol. The van der Waals surface area contributed by atoms with Crippen LogP contribution in [0.3, 0.4) is 0 Å². The van der Waals surface area contributed by atoms with Gasteiger partial charge < -0.3 is 15.7 Å². The van der Waals surface area contributed by atoms with Gasteiger partial charge in [-0.3, -0.25) is 4.79 Å². The second-order valence-corrected chi connectivity index (χ2v) is 5.22. The van der Waals surface area contributed by atoms with E-state index in [-0.39, 0.29) is 19.1 Å². The topological polar surface area (TPSA) is 61.4 Å². The molecule has 2 aromatic rings. The Hall–Kier alpha value is -1.75. The van der Waals surface area contributed by atoms with Crippen molar-refractivity contribution in [2.75, 3.05) is 17.2 Å². The molecule has 1 amide bonds. The van der Waals surface area contributed by atoms with Crippen LogP contribution in [0, 0.1) is 0 Å². The van der Waals surface area contributed by atoms with Gasteiger partial charge in [0.2, 0.25) is 5.91 Å². The van der Waals surface area contributed by atoms with Crippen LogP contribution in [0.2, 0.25) is 10.0 Å². The Labute approximate surface area is 132 Å². The molecular formula is C15H14Cl2N2O2. The number of halogens is 2. The highest BCUT2D eigenvalue weighted by Crippen LogP contribution is 2.23. The van der Waals surface area contributed by atoms with Crippen LogP contribution in [0.5, 0.6) is 0 Å². The molecule has 2 rings (SSSR count). The van der Waals surface area contributed by atoms with Gasteiger partial charge in [-0.2, -0.15) is 0 Å². The highest BCUT2D eigenvalue weighted by molar-refractivity contribution is 6.33. The third-order valence-electron chi connectivity index (χ3n) is 2.78. The first-order valence-corrected chi connectivity index (χ1v) is 7.02. The summed E-state index contributed by atoms with van der Waals surface area (Å²) in [6, 6.07) is 11.9. The van der Waals surface area contributed by atoms with Gasteiger partial charge in [-0.05, 0) is 42.0 Å². The molecule has 0 radical (unpaired) electrons. The molecule has 0 saturated carbocycles. The summed E-state index contributed by atoms with van der Waals surface area (Å²) in [5.74, 6) is -0.206. The lowest BCUT2D eigenvalue weighted by Gasteiger charge is -2.10. The molecule has 4 nitrogen and oxygen atoms in total. The van der Waals surface area contributed by atoms with Crippen molar-refractivity contribution < 1.29 is 9.90 Å². The summed E-state index contributed by atoms with van der Waals surface area (Å²) >= 11 is 11.8. The number of nitrogens with one attached hydrogen (secondary N) is 2. The molecule has 0 aliphatic rings. The summed E-state index contributed by atoms with van der Waals surface area (Å²) in [7, 11) is 0. The number of carbonyl (C=O) groups is 1. The van der Waals surface area contributed by atoms with Gasteiger partial charge in [0.1, 0.15) is 0 Å². The first-order valence-electron chi connectivity index (χ1n) is 6.27. The van der Waals surface area contributed by atoms with E-state index < -0.39 is 0 Å². The average Bonchev–Trinajstić information content (AvgIpc) is 2.49. The van der Waals surface area contributed by atoms with E-state index in [1.165, 1.54) is 0 Å². The fraction of sp³-hybridized carbons (Fsp3) is 0.133. The van der Waals surface area contributed by atoms with Crippen LogP contribution < -0.4 is 10.6 Å². The number of hydrogen-bond donors (Lipinski definition) is 3. The quantitative estimate of drug-likeness (QED) is 0.788. The molecule has 0 bridgehead atoms. The predicted octanol–water partition coefficient (Wildman–Crippen LogP) is 3.54. The van der Waals surface area contributed by atoms with Crippen molar-refractivity contribution in [1.82, 2.24) is 0 Å². The van der Waals surface area contributed by atoms with Crippen LogP contribution in [-0.4, -0.2) is 17.6 Å². The normalized spacial score (nSPS) is 10.2. The summed E-state index contributed by atoms with van der Waals surface area (Å²) in [6.45, 7) is -0.0138. The van der Waals surface area contributed by atoms with E-state index in [1.807, 2.05) is 0 Å². The van der Waals surface area contributed by atoms with Gasteiger partial charge in [-0.15, -0.1) is 0 Å². The Kier molecular flexibility index (Phi) is 5.44. The molecule has 3 N–H and O–H groups in total. The molecule has 110 valence electrons. The minimum atomic E-state index is -0.206. The van der Waals surface area contributed by atoms with Crippen LogP contribution >= 0.6 is 23.2 Å². The zero-order valence-corrected chi connectivity index (χ0v) is 12.6. The van der Waals surface area contributed by atoms with Gasteiger partial charge >= 0.3 is 0 Å². The molecule has 6 heteroatoms. The fourth-order valence-corrected chi connectivity index (χ4v) is 2.03. The zero-order chi connectivity index (χ0) is 15.2. The van der Waals surface area contributed by atoms with E-state index in [0.717, 1.165) is 5.56 Å². The van der Waals surface area contributed by atoms with E-state index in [0.29, 0.717) is 21.4 Å². The summed E-state index contributed by atoms with van der Waals surface area (Å²) in [5, 5.41) is 15.9. The monoisotopic (exact) mass is 324 g/mol. The smallest absolute Gasteiger partial charge is 0.243 e. The maximum Gasteiger partial charge on any atom is 0.243 e. The van der Waals surface area contributed by atoms with Crippen molar-refractivity contribution in [3.8, 4) is 0 Å². The third-order valence-corrected chi connectivity index (χ3v) is 3.36. The number of benzene rings is 2. The standard InChI is InChI=1S/C15H14Cl2N2O2/c16-11-2-4-12(5-3-11)19-15(21)8-18-14-7-10(9-20)1-6-13(14)17/h1-7,18,20H,8-9H2,(H,19,21). The minimum absolute atomic E-state index is 0.0667. The fourth-order valence-electron chi connectivity index (χ4n) is 1.72. The Bertz CT molecular complexity index is 630. The molecule has 0 heterocycles. The van der Waals surface area contributed by atoms with E-state index in [9.17, 15) is 4.79 Å². The van der Waals surface area contributed by atoms with Gasteiger partial charge in [0.05, 0.1) is 23.9 Å². The first-order chi connectivity index (χ1) is 10.1. The van der Waals surface area contributed by atoms with Crippen molar-refractivity contribution in [3.63, 3.8) is 0 Å². The number of hydrogen-bond acceptors (Lipinski definition) is 3.